The molecule has 4 heterocycles. The predicted octanol–water partition coefficient (Wildman–Crippen LogP) is 5.58. The molecule has 2 aromatic heterocycles. The van der Waals surface area contributed by atoms with Crippen molar-refractivity contribution in [2.45, 2.75) is 111 Å². The van der Waals surface area contributed by atoms with E-state index < -0.39 is 24.2 Å². The van der Waals surface area contributed by atoms with Gasteiger partial charge in [0.2, 0.25) is 0 Å². The van der Waals surface area contributed by atoms with Crippen molar-refractivity contribution in [3.63, 3.8) is 0 Å². The summed E-state index contributed by atoms with van der Waals surface area (Å²) in [7, 11) is 0. The third-order valence-corrected chi connectivity index (χ3v) is 21.9. The second kappa shape index (κ2) is 10.6. The zero-order valence-corrected chi connectivity index (χ0v) is 24.4. The number of unbranched alkanes of at least 4 members (excludes halogenated alkanes) is 3. The molecule has 33 heavy (non-hydrogen) atoms. The molecular weight excluding hydrogens is 546 g/mol. The molecular formula is C24H39ClN4O3Sn. The average molecular weight is 586 g/mol. The van der Waals surface area contributed by atoms with Gasteiger partial charge in [0, 0.05) is 0 Å². The number of halogens is 1. The van der Waals surface area contributed by atoms with E-state index in [1.807, 2.05) is 18.4 Å². The Kier molecular flexibility index (Phi) is 8.26. The average Bonchev–Trinajstić information content (AvgIpc) is 3.45. The van der Waals surface area contributed by atoms with Crippen molar-refractivity contribution in [2.24, 2.45) is 0 Å². The van der Waals surface area contributed by atoms with Crippen LogP contribution >= 0.6 is 11.6 Å². The van der Waals surface area contributed by atoms with Gasteiger partial charge in [0.15, 0.2) is 0 Å². The number of ether oxygens (including phenoxy) is 3. The van der Waals surface area contributed by atoms with Crippen LogP contribution in [0.4, 0.5) is 0 Å². The van der Waals surface area contributed by atoms with Gasteiger partial charge in [-0.15, -0.1) is 0 Å². The van der Waals surface area contributed by atoms with E-state index in [-0.39, 0.29) is 18.4 Å². The van der Waals surface area contributed by atoms with Gasteiger partial charge >= 0.3 is 207 Å². The van der Waals surface area contributed by atoms with E-state index in [9.17, 15) is 0 Å². The van der Waals surface area contributed by atoms with Crippen LogP contribution < -0.4 is 3.84 Å². The van der Waals surface area contributed by atoms with Crippen LogP contribution in [-0.2, 0) is 14.2 Å². The Morgan fingerprint density at radius 3 is 2.27 bits per heavy atom. The third-order valence-electron chi connectivity index (χ3n) is 7.09. The summed E-state index contributed by atoms with van der Waals surface area (Å²) in [5, 5.41) is 0.470. The van der Waals surface area contributed by atoms with Crippen molar-refractivity contribution in [3.8, 4) is 0 Å². The fraction of sp³-hybridized carbons (Fsp3) is 0.792. The van der Waals surface area contributed by atoms with E-state index in [0.717, 1.165) is 9.49 Å². The second-order valence-corrected chi connectivity index (χ2v) is 23.3. The van der Waals surface area contributed by atoms with E-state index >= 15 is 0 Å². The number of nitrogens with zero attached hydrogens (tertiary/aromatic N) is 4. The Morgan fingerprint density at radius 1 is 1.03 bits per heavy atom. The molecule has 184 valence electrons. The number of fused-ring (bicyclic) bond motifs is 2. The normalized spacial score (nSPS) is 24.6. The molecule has 7 nitrogen and oxygen atoms in total. The molecule has 0 amide bonds. The Bertz CT molecular complexity index is 931. The molecule has 2 aliphatic rings. The Morgan fingerprint density at radius 2 is 1.67 bits per heavy atom. The zero-order chi connectivity index (χ0) is 23.6. The van der Waals surface area contributed by atoms with Gasteiger partial charge in [0.05, 0.1) is 0 Å². The van der Waals surface area contributed by atoms with E-state index in [1.165, 1.54) is 51.8 Å². The minimum absolute atomic E-state index is 0.0869. The Hall–Kier alpha value is -0.481. The van der Waals surface area contributed by atoms with Gasteiger partial charge in [0.25, 0.3) is 0 Å². The van der Waals surface area contributed by atoms with Gasteiger partial charge < -0.3 is 0 Å². The monoisotopic (exact) mass is 586 g/mol. The second-order valence-electron chi connectivity index (χ2n) is 10.1. The summed E-state index contributed by atoms with van der Waals surface area (Å²) < 4.78 is 25.2. The summed E-state index contributed by atoms with van der Waals surface area (Å²) in [6, 6.07) is 0. The molecule has 2 aliphatic heterocycles. The number of imidazole rings is 1. The molecule has 0 N–H and O–H groups in total. The number of hydrogen-bond acceptors (Lipinski definition) is 6. The Labute approximate surface area is 206 Å². The molecule has 0 unspecified atom stereocenters. The van der Waals surface area contributed by atoms with Crippen LogP contribution in [0, 0.1) is 0 Å². The van der Waals surface area contributed by atoms with E-state index in [0.29, 0.717) is 17.3 Å². The maximum atomic E-state index is 6.76. The van der Waals surface area contributed by atoms with Crippen LogP contribution in [0.1, 0.15) is 79.4 Å². The first-order valence-corrected chi connectivity index (χ1v) is 20.6. The van der Waals surface area contributed by atoms with Crippen molar-refractivity contribution in [3.05, 3.63) is 11.5 Å². The number of rotatable bonds is 11. The molecule has 0 bridgehead atoms. The maximum absolute atomic E-state index is 6.76. The molecule has 0 aliphatic carbocycles. The first-order valence-electron chi connectivity index (χ1n) is 12.7. The molecule has 2 aromatic rings. The summed E-state index contributed by atoms with van der Waals surface area (Å²) in [5.41, 5.74) is 1.42. The molecule has 2 saturated heterocycles. The van der Waals surface area contributed by atoms with Crippen molar-refractivity contribution < 1.29 is 14.2 Å². The van der Waals surface area contributed by atoms with E-state index in [2.05, 4.69) is 25.8 Å². The first-order chi connectivity index (χ1) is 15.8. The zero-order valence-electron chi connectivity index (χ0n) is 20.8. The van der Waals surface area contributed by atoms with Gasteiger partial charge in [-0.1, -0.05) is 0 Å². The van der Waals surface area contributed by atoms with Crippen molar-refractivity contribution in [1.29, 1.82) is 0 Å². The van der Waals surface area contributed by atoms with Crippen LogP contribution in [0.25, 0.3) is 11.2 Å². The quantitative estimate of drug-likeness (QED) is 0.253. The summed E-state index contributed by atoms with van der Waals surface area (Å²) in [4.78, 5) is 14.8. The molecule has 0 spiro atoms. The first kappa shape index (κ1) is 25.6. The molecule has 0 saturated carbocycles. The standard InChI is InChI=1S/C12H12ClN4O3.3C4H9.Sn/c1-12(2)19-6-3-18-11(8(6)20-12)17-5-16-7-9(13)14-4-15-10(7)17;3*1-3-4-2;/h5-6,8,11H,3H2,1-2H3;3*1,3-4H2,2H3;/t6-,8-,11-;;;;/m1..../s1. The fourth-order valence-electron chi connectivity index (χ4n) is 5.32. The van der Waals surface area contributed by atoms with Crippen LogP contribution in [-0.4, -0.2) is 62.5 Å². The molecule has 9 heteroatoms. The van der Waals surface area contributed by atoms with Crippen LogP contribution in [0.3, 0.4) is 0 Å². The number of aromatic nitrogens is 4. The molecule has 4 rings (SSSR count). The van der Waals surface area contributed by atoms with Gasteiger partial charge in [0.1, 0.15) is 0 Å². The minimum atomic E-state index is -2.86. The molecule has 0 radical (unpaired) electrons. The van der Waals surface area contributed by atoms with Crippen molar-refractivity contribution >= 4 is 45.0 Å². The molecule has 0 aromatic carbocycles. The van der Waals surface area contributed by atoms with Gasteiger partial charge in [-0.2, -0.15) is 0 Å². The van der Waals surface area contributed by atoms with Crippen molar-refractivity contribution in [2.75, 3.05) is 6.61 Å². The summed E-state index contributed by atoms with van der Waals surface area (Å²) in [6.07, 6.45) is 8.53. The predicted molar refractivity (Wildman–Crippen MR) is 134 cm³/mol. The van der Waals surface area contributed by atoms with Gasteiger partial charge in [-0.25, -0.2) is 0 Å². The number of hydrogen-bond donors (Lipinski definition) is 0. The summed E-state index contributed by atoms with van der Waals surface area (Å²) in [5.74, 6) is -0.613. The molecule has 2 fully saturated rings. The molecule has 3 atom stereocenters. The third kappa shape index (κ3) is 5.22. The van der Waals surface area contributed by atoms with Crippen LogP contribution in [0.2, 0.25) is 18.5 Å². The summed E-state index contributed by atoms with van der Waals surface area (Å²) >= 11 is 3.90. The summed E-state index contributed by atoms with van der Waals surface area (Å²) in [6.45, 7) is 11.2. The fourth-order valence-corrected chi connectivity index (χ4v) is 20.6. The van der Waals surface area contributed by atoms with Crippen molar-refractivity contribution in [1.82, 2.24) is 19.5 Å². The topological polar surface area (TPSA) is 71.3 Å². The van der Waals surface area contributed by atoms with E-state index in [1.54, 1.807) is 6.33 Å². The van der Waals surface area contributed by atoms with Gasteiger partial charge in [-0.3, -0.25) is 0 Å². The van der Waals surface area contributed by atoms with Crippen LogP contribution in [0.15, 0.2) is 6.33 Å². The Balaban J connectivity index is 1.76. The van der Waals surface area contributed by atoms with Crippen LogP contribution in [0.5, 0.6) is 0 Å². The van der Waals surface area contributed by atoms with Gasteiger partial charge in [-0.05, 0) is 0 Å². The SMILES string of the molecule is CCC[CH2][Sn]([CH2]CCC)([CH2]CCC)[c]1nc(Cl)c2ncn([C@@H]3OC[C@H]4OC(C)(C)O[C@@H]34)c2n1. The van der Waals surface area contributed by atoms with E-state index in [4.69, 9.17) is 35.8 Å².